The molecule has 0 aliphatic heterocycles. The fraction of sp³-hybridized carbons (Fsp3) is 0.850. The molecule has 1 saturated carbocycles. The van der Waals surface area contributed by atoms with E-state index < -0.39 is 35.0 Å². The third-order valence-electron chi connectivity index (χ3n) is 5.37. The minimum atomic E-state index is -2.18. The van der Waals surface area contributed by atoms with Crippen LogP contribution in [-0.4, -0.2) is 34.7 Å². The number of rotatable bonds is 10. The second-order valence-electron chi connectivity index (χ2n) is 8.69. The summed E-state index contributed by atoms with van der Waals surface area (Å²) in [7, 11) is 0. The van der Waals surface area contributed by atoms with E-state index in [0.717, 1.165) is 19.3 Å². The van der Waals surface area contributed by atoms with E-state index in [2.05, 4.69) is 0 Å². The summed E-state index contributed by atoms with van der Waals surface area (Å²) in [6.45, 7) is 5.16. The Hall–Kier alpha value is 0.00636. The van der Waals surface area contributed by atoms with Crippen molar-refractivity contribution in [2.45, 2.75) is 96.6 Å². The van der Waals surface area contributed by atoms with Crippen molar-refractivity contribution in [1.29, 1.82) is 0 Å². The Morgan fingerprint density at radius 3 is 2.21 bits per heavy atom. The van der Waals surface area contributed by atoms with E-state index >= 15 is 0 Å². The molecule has 0 amide bonds. The Kier molecular flexibility index (Phi) is 12.6. The number of carboxylic acid groups (broad SMARTS) is 2. The molecule has 0 aromatic carbocycles. The summed E-state index contributed by atoms with van der Waals surface area (Å²) in [4.78, 5) is 35.5. The fourth-order valence-electron chi connectivity index (χ4n) is 3.85. The van der Waals surface area contributed by atoms with Gasteiger partial charge in [0.1, 0.15) is 11.0 Å². The van der Waals surface area contributed by atoms with E-state index in [1.165, 1.54) is 19.3 Å². The van der Waals surface area contributed by atoms with Crippen LogP contribution >= 0.6 is 0 Å². The van der Waals surface area contributed by atoms with E-state index in [0.29, 0.717) is 12.3 Å². The summed E-state index contributed by atoms with van der Waals surface area (Å²) < 4.78 is 5.18. The van der Waals surface area contributed by atoms with Crippen LogP contribution < -0.4 is 62.2 Å². The average Bonchev–Trinajstić information content (AvgIpc) is 2.55. The molecule has 0 heterocycles. The van der Waals surface area contributed by atoms with Gasteiger partial charge in [0.15, 0.2) is 0 Å². The Bertz CT molecular complexity index is 511. The summed E-state index contributed by atoms with van der Waals surface area (Å²) >= 11 is 0. The predicted molar refractivity (Wildman–Crippen MR) is 98.6 cm³/mol. The van der Waals surface area contributed by atoms with Gasteiger partial charge >= 0.3 is 63.3 Å². The van der Waals surface area contributed by atoms with Crippen LogP contribution in [0.1, 0.15) is 85.0 Å². The molecule has 1 fully saturated rings. The molecule has 8 heteroatoms. The van der Waals surface area contributed by atoms with Gasteiger partial charge in [-0.25, -0.2) is 0 Å². The van der Waals surface area contributed by atoms with Crippen molar-refractivity contribution in [3.63, 3.8) is 0 Å². The Balaban J connectivity index is 0.00000729. The molecule has 1 aliphatic rings. The molecule has 0 bridgehead atoms. The van der Waals surface area contributed by atoms with Crippen molar-refractivity contribution in [2.24, 2.45) is 17.1 Å². The van der Waals surface area contributed by atoms with Crippen LogP contribution in [0.4, 0.5) is 0 Å². The number of nitrogens with two attached hydrogens (primary N) is 1. The zero-order chi connectivity index (χ0) is 20.7. The topological polar surface area (TPSA) is 130 Å². The molecule has 0 aromatic heterocycles. The third-order valence-corrected chi connectivity index (χ3v) is 5.37. The first-order chi connectivity index (χ1) is 12.5. The SMILES string of the molecule is CC(C)(C)OC(=O)CCC(N)C(CCCC1CCCCC1)(C(=O)[O-])C(=O)O.[K+]. The summed E-state index contributed by atoms with van der Waals surface area (Å²) in [6, 6.07) is -1.22. The molecule has 3 N–H and O–H groups in total. The number of carbonyl (C=O) groups is 3. The van der Waals surface area contributed by atoms with Gasteiger partial charge in [0.2, 0.25) is 0 Å². The number of hydrogen-bond donors (Lipinski definition) is 2. The second kappa shape index (κ2) is 12.6. The maximum Gasteiger partial charge on any atom is 1.00 e. The summed E-state index contributed by atoms with van der Waals surface area (Å²) in [5, 5.41) is 21.4. The Morgan fingerprint density at radius 1 is 1.18 bits per heavy atom. The molecule has 2 atom stereocenters. The smallest absolute Gasteiger partial charge is 0.549 e. The van der Waals surface area contributed by atoms with Crippen molar-refractivity contribution in [2.75, 3.05) is 0 Å². The molecule has 1 aliphatic carbocycles. The molecule has 0 aromatic rings. The van der Waals surface area contributed by atoms with Crippen molar-refractivity contribution in [1.82, 2.24) is 0 Å². The average molecular weight is 424 g/mol. The van der Waals surface area contributed by atoms with Crippen LogP contribution in [-0.2, 0) is 19.1 Å². The maximum absolute atomic E-state index is 11.9. The van der Waals surface area contributed by atoms with Crippen LogP contribution in [0.15, 0.2) is 0 Å². The molecule has 156 valence electrons. The van der Waals surface area contributed by atoms with Crippen molar-refractivity contribution in [3.05, 3.63) is 0 Å². The van der Waals surface area contributed by atoms with Crippen LogP contribution in [0, 0.1) is 11.3 Å². The van der Waals surface area contributed by atoms with Gasteiger partial charge in [-0.1, -0.05) is 44.9 Å². The van der Waals surface area contributed by atoms with Crippen LogP contribution in [0.3, 0.4) is 0 Å². The van der Waals surface area contributed by atoms with E-state index in [1.54, 1.807) is 20.8 Å². The minimum absolute atomic E-state index is 0. The standard InChI is InChI=1S/C20H35NO6.K/c1-19(2,3)27-16(22)12-11-15(21)20(17(23)24,18(25)26)13-7-10-14-8-5-4-6-9-14;/h14-15H,4-13,21H2,1-3H3,(H,23,24)(H,25,26);/q;+1/p-1. The van der Waals surface area contributed by atoms with Crippen molar-refractivity contribution >= 4 is 17.9 Å². The molecule has 0 radical (unpaired) electrons. The first-order valence-corrected chi connectivity index (χ1v) is 9.91. The van der Waals surface area contributed by atoms with E-state index in [4.69, 9.17) is 10.5 Å². The Labute approximate surface area is 210 Å². The molecule has 0 saturated heterocycles. The van der Waals surface area contributed by atoms with Crippen LogP contribution in [0.5, 0.6) is 0 Å². The molecule has 7 nitrogen and oxygen atoms in total. The second-order valence-corrected chi connectivity index (χ2v) is 8.69. The van der Waals surface area contributed by atoms with E-state index in [9.17, 15) is 24.6 Å². The van der Waals surface area contributed by atoms with Crippen molar-refractivity contribution < 1.29 is 80.7 Å². The summed E-state index contributed by atoms with van der Waals surface area (Å²) in [6.07, 6.45) is 6.73. The normalized spacial score (nSPS) is 18.4. The predicted octanol–water partition coefficient (Wildman–Crippen LogP) is -0.989. The molecule has 0 spiro atoms. The molecule has 2 unspecified atom stereocenters. The molecular formula is C20H34KNO6. The first-order valence-electron chi connectivity index (χ1n) is 9.91. The zero-order valence-corrected chi connectivity index (χ0v) is 20.9. The Morgan fingerprint density at radius 2 is 1.75 bits per heavy atom. The van der Waals surface area contributed by atoms with Gasteiger partial charge in [-0.05, 0) is 39.5 Å². The summed E-state index contributed by atoms with van der Waals surface area (Å²) in [5.41, 5.74) is 3.13. The van der Waals surface area contributed by atoms with Gasteiger partial charge < -0.3 is 25.5 Å². The van der Waals surface area contributed by atoms with Gasteiger partial charge in [-0.2, -0.15) is 0 Å². The monoisotopic (exact) mass is 423 g/mol. The van der Waals surface area contributed by atoms with Gasteiger partial charge in [-0.15, -0.1) is 0 Å². The van der Waals surface area contributed by atoms with Gasteiger partial charge in [0, 0.05) is 12.5 Å². The first kappa shape index (κ1) is 28.0. The molecule has 28 heavy (non-hydrogen) atoms. The van der Waals surface area contributed by atoms with E-state index in [-0.39, 0.29) is 70.6 Å². The number of hydrogen-bond acceptors (Lipinski definition) is 6. The van der Waals surface area contributed by atoms with Crippen LogP contribution in [0.2, 0.25) is 0 Å². The number of esters is 1. The number of carbonyl (C=O) groups excluding carboxylic acids is 2. The maximum atomic E-state index is 11.9. The molecular weight excluding hydrogens is 389 g/mol. The van der Waals surface area contributed by atoms with Crippen LogP contribution in [0.25, 0.3) is 0 Å². The van der Waals surface area contributed by atoms with E-state index in [1.807, 2.05) is 0 Å². The third kappa shape index (κ3) is 8.79. The summed E-state index contributed by atoms with van der Waals surface area (Å²) in [5.74, 6) is -3.19. The minimum Gasteiger partial charge on any atom is -0.549 e. The molecule has 1 rings (SSSR count). The number of carboxylic acids is 2. The number of ether oxygens (including phenoxy) is 1. The largest absolute Gasteiger partial charge is 1.00 e. The zero-order valence-electron chi connectivity index (χ0n) is 17.8. The van der Waals surface area contributed by atoms with Gasteiger partial charge in [-0.3, -0.25) is 9.59 Å². The van der Waals surface area contributed by atoms with Gasteiger partial charge in [0.05, 0.1) is 5.97 Å². The van der Waals surface area contributed by atoms with Gasteiger partial charge in [0.25, 0.3) is 0 Å². The van der Waals surface area contributed by atoms with Crippen molar-refractivity contribution in [3.8, 4) is 0 Å². The quantitative estimate of drug-likeness (QED) is 0.262. The fourth-order valence-corrected chi connectivity index (χ4v) is 3.85. The number of aliphatic carboxylic acids is 2.